The zero-order valence-electron chi connectivity index (χ0n) is 15.0. The molecule has 2 bridgehead atoms. The van der Waals surface area contributed by atoms with Gasteiger partial charge in [-0.25, -0.2) is 0 Å². The lowest BCUT2D eigenvalue weighted by molar-refractivity contribution is -0.117. The lowest BCUT2D eigenvalue weighted by atomic mass is 9.89. The lowest BCUT2D eigenvalue weighted by Crippen LogP contribution is -2.39. The fraction of sp³-hybridized carbons (Fsp3) is 0.650. The molecule has 3 fully saturated rings. The Kier molecular flexibility index (Phi) is 5.67. The summed E-state index contributed by atoms with van der Waals surface area (Å²) in [5.74, 6) is 1.16. The maximum atomic E-state index is 12.6. The van der Waals surface area contributed by atoms with Gasteiger partial charge in [0.05, 0.1) is 11.8 Å². The number of piperidine rings is 1. The molecule has 3 aliphatic heterocycles. The van der Waals surface area contributed by atoms with Crippen LogP contribution in [0.1, 0.15) is 44.9 Å². The molecule has 5 nitrogen and oxygen atoms in total. The molecule has 4 rings (SSSR count). The molecule has 26 heavy (non-hydrogen) atoms. The molecule has 0 aliphatic carbocycles. The van der Waals surface area contributed by atoms with Crippen LogP contribution in [0, 0.1) is 5.92 Å². The molecule has 3 aliphatic rings. The summed E-state index contributed by atoms with van der Waals surface area (Å²) in [5.41, 5.74) is 0.650. The number of nitrogens with one attached hydrogen (secondary N) is 2. The Hall–Kier alpha value is -1.30. The van der Waals surface area contributed by atoms with Gasteiger partial charge in [-0.2, -0.15) is 0 Å². The first-order valence-electron chi connectivity index (χ1n) is 9.75. The molecule has 3 saturated heterocycles. The highest BCUT2D eigenvalue weighted by atomic mass is 35.5. The molecule has 142 valence electrons. The highest BCUT2D eigenvalue weighted by Gasteiger charge is 2.34. The molecule has 0 aromatic heterocycles. The van der Waals surface area contributed by atoms with Crippen molar-refractivity contribution < 1.29 is 14.3 Å². The molecule has 0 radical (unpaired) electrons. The summed E-state index contributed by atoms with van der Waals surface area (Å²) in [6, 6.07) is 6.56. The third-order valence-corrected chi connectivity index (χ3v) is 5.94. The first-order chi connectivity index (χ1) is 12.7. The van der Waals surface area contributed by atoms with Crippen LogP contribution in [0.25, 0.3) is 0 Å². The fourth-order valence-electron chi connectivity index (χ4n) is 4.49. The second-order valence-corrected chi connectivity index (χ2v) is 8.25. The number of rotatable bonds is 6. The van der Waals surface area contributed by atoms with E-state index in [4.69, 9.17) is 21.1 Å². The molecule has 1 aromatic carbocycles. The van der Waals surface area contributed by atoms with E-state index in [0.717, 1.165) is 32.3 Å². The third-order valence-electron chi connectivity index (χ3n) is 5.71. The van der Waals surface area contributed by atoms with Gasteiger partial charge < -0.3 is 20.1 Å². The minimum Gasteiger partial charge on any atom is -0.489 e. The number of fused-ring (bicyclic) bond motifs is 2. The van der Waals surface area contributed by atoms with E-state index in [1.54, 1.807) is 12.1 Å². The summed E-state index contributed by atoms with van der Waals surface area (Å²) in [6.07, 6.45) is 7.50. The highest BCUT2D eigenvalue weighted by molar-refractivity contribution is 6.31. The molecule has 0 saturated carbocycles. The van der Waals surface area contributed by atoms with Crippen molar-refractivity contribution in [2.24, 2.45) is 5.92 Å². The molecule has 6 heteroatoms. The van der Waals surface area contributed by atoms with E-state index in [2.05, 4.69) is 10.6 Å². The standard InChI is InChI=1S/C20H27ClN2O3/c21-14-3-6-19(26-12-17-2-1-7-25-17)18(11-14)23-20(24)10-13-8-15-4-5-16(9-13)22-15/h3,6,11,13,15-17,22H,1-2,4-5,7-10,12H2,(H,23,24). The van der Waals surface area contributed by atoms with Crippen LogP contribution >= 0.6 is 11.6 Å². The summed E-state index contributed by atoms with van der Waals surface area (Å²) in [4.78, 5) is 12.6. The van der Waals surface area contributed by atoms with Gasteiger partial charge in [0.15, 0.2) is 0 Å². The number of halogens is 1. The zero-order valence-corrected chi connectivity index (χ0v) is 15.8. The second-order valence-electron chi connectivity index (χ2n) is 7.81. The average molecular weight is 379 g/mol. The normalized spacial score (nSPS) is 30.3. The summed E-state index contributed by atoms with van der Waals surface area (Å²) >= 11 is 6.13. The molecule has 1 amide bonds. The molecule has 3 unspecified atom stereocenters. The van der Waals surface area contributed by atoms with Crippen molar-refractivity contribution in [2.75, 3.05) is 18.5 Å². The molecular weight excluding hydrogens is 352 g/mol. The Balaban J connectivity index is 1.35. The molecule has 0 spiro atoms. The number of benzene rings is 1. The van der Waals surface area contributed by atoms with E-state index in [-0.39, 0.29) is 12.0 Å². The van der Waals surface area contributed by atoms with Gasteiger partial charge in [0, 0.05) is 30.1 Å². The number of anilines is 1. The molecular formula is C20H27ClN2O3. The molecule has 3 atom stereocenters. The largest absolute Gasteiger partial charge is 0.489 e. The summed E-state index contributed by atoms with van der Waals surface area (Å²) in [5, 5.41) is 7.22. The predicted molar refractivity (Wildman–Crippen MR) is 102 cm³/mol. The Labute approximate surface area is 159 Å². The van der Waals surface area contributed by atoms with Gasteiger partial charge >= 0.3 is 0 Å². The Morgan fingerprint density at radius 2 is 2.08 bits per heavy atom. The van der Waals surface area contributed by atoms with Gasteiger partial charge in [0.2, 0.25) is 5.91 Å². The van der Waals surface area contributed by atoms with E-state index >= 15 is 0 Å². The van der Waals surface area contributed by atoms with Gasteiger partial charge in [-0.1, -0.05) is 11.6 Å². The molecule has 3 heterocycles. The number of carbonyl (C=O) groups excluding carboxylic acids is 1. The minimum absolute atomic E-state index is 0.0422. The average Bonchev–Trinajstić information content (AvgIpc) is 3.23. The summed E-state index contributed by atoms with van der Waals surface area (Å²) in [7, 11) is 0. The Bertz CT molecular complexity index is 636. The SMILES string of the molecule is O=C(CC1CC2CCC(C1)N2)Nc1cc(Cl)ccc1OCC1CCCO1. The Morgan fingerprint density at radius 1 is 1.27 bits per heavy atom. The van der Waals surface area contributed by atoms with Gasteiger partial charge in [-0.15, -0.1) is 0 Å². The van der Waals surface area contributed by atoms with Crippen LogP contribution in [0.5, 0.6) is 5.75 Å². The van der Waals surface area contributed by atoms with Crippen molar-refractivity contribution in [1.29, 1.82) is 0 Å². The second kappa shape index (κ2) is 8.15. The van der Waals surface area contributed by atoms with Crippen LogP contribution in [0.2, 0.25) is 5.02 Å². The summed E-state index contributed by atoms with van der Waals surface area (Å²) in [6.45, 7) is 1.30. The van der Waals surface area contributed by atoms with Gasteiger partial charge in [-0.3, -0.25) is 4.79 Å². The van der Waals surface area contributed by atoms with E-state index in [1.165, 1.54) is 12.8 Å². The van der Waals surface area contributed by atoms with Crippen molar-refractivity contribution in [3.8, 4) is 5.75 Å². The number of hydrogen-bond acceptors (Lipinski definition) is 4. The maximum Gasteiger partial charge on any atom is 0.224 e. The molecule has 1 aromatic rings. The quantitative estimate of drug-likeness (QED) is 0.791. The monoisotopic (exact) mass is 378 g/mol. The number of hydrogen-bond donors (Lipinski definition) is 2. The van der Waals surface area contributed by atoms with Gasteiger partial charge in [-0.05, 0) is 62.6 Å². The smallest absolute Gasteiger partial charge is 0.224 e. The minimum atomic E-state index is 0.0422. The van der Waals surface area contributed by atoms with Crippen LogP contribution < -0.4 is 15.4 Å². The van der Waals surface area contributed by atoms with Gasteiger partial charge in [0.25, 0.3) is 0 Å². The highest BCUT2D eigenvalue weighted by Crippen LogP contribution is 2.34. The van der Waals surface area contributed by atoms with Crippen molar-refractivity contribution in [1.82, 2.24) is 5.32 Å². The number of amides is 1. The van der Waals surface area contributed by atoms with Crippen LogP contribution in [0.4, 0.5) is 5.69 Å². The maximum absolute atomic E-state index is 12.6. The van der Waals surface area contributed by atoms with E-state index in [1.807, 2.05) is 6.07 Å². The van der Waals surface area contributed by atoms with Crippen LogP contribution in [-0.4, -0.2) is 37.3 Å². The van der Waals surface area contributed by atoms with Crippen LogP contribution in [0.3, 0.4) is 0 Å². The lowest BCUT2D eigenvalue weighted by Gasteiger charge is -2.28. The van der Waals surface area contributed by atoms with Crippen molar-refractivity contribution in [3.05, 3.63) is 23.2 Å². The van der Waals surface area contributed by atoms with E-state index in [0.29, 0.717) is 47.5 Å². The topological polar surface area (TPSA) is 59.6 Å². The van der Waals surface area contributed by atoms with Crippen molar-refractivity contribution in [2.45, 2.75) is 63.1 Å². The Morgan fingerprint density at radius 3 is 2.81 bits per heavy atom. The van der Waals surface area contributed by atoms with Gasteiger partial charge in [0.1, 0.15) is 12.4 Å². The zero-order chi connectivity index (χ0) is 17.9. The van der Waals surface area contributed by atoms with Crippen molar-refractivity contribution in [3.63, 3.8) is 0 Å². The summed E-state index contributed by atoms with van der Waals surface area (Å²) < 4.78 is 11.5. The van der Waals surface area contributed by atoms with Crippen molar-refractivity contribution >= 4 is 23.2 Å². The number of carbonyl (C=O) groups is 1. The number of ether oxygens (including phenoxy) is 2. The van der Waals surface area contributed by atoms with Crippen LogP contribution in [0.15, 0.2) is 18.2 Å². The first kappa shape index (κ1) is 18.1. The van der Waals surface area contributed by atoms with E-state index < -0.39 is 0 Å². The first-order valence-corrected chi connectivity index (χ1v) is 10.1. The fourth-order valence-corrected chi connectivity index (χ4v) is 4.66. The van der Waals surface area contributed by atoms with E-state index in [9.17, 15) is 4.79 Å². The third kappa shape index (κ3) is 4.51. The van der Waals surface area contributed by atoms with Crippen LogP contribution in [-0.2, 0) is 9.53 Å². The molecule has 2 N–H and O–H groups in total. The predicted octanol–water partition coefficient (Wildman–Crippen LogP) is 3.76.